The molecule has 0 aromatic carbocycles. The summed E-state index contributed by atoms with van der Waals surface area (Å²) < 4.78 is 16.0. The minimum absolute atomic E-state index is 0.0901. The Morgan fingerprint density at radius 3 is 2.10 bits per heavy atom. The number of rotatable bonds is 3. The van der Waals surface area contributed by atoms with Gasteiger partial charge in [0, 0.05) is 13.8 Å². The highest BCUT2D eigenvalue weighted by Gasteiger charge is 2.26. The highest BCUT2D eigenvalue weighted by molar-refractivity contribution is 7.59. The van der Waals surface area contributed by atoms with Gasteiger partial charge in [0.2, 0.25) is 7.37 Å². The number of hydrogen-bond donors (Lipinski definition) is 0. The SMILES string of the molecule is COP(C)(=O)C(C)C(C)=O. The minimum atomic E-state index is -2.67. The Labute approximate surface area is 61.2 Å². The first-order valence-corrected chi connectivity index (χ1v) is 5.19. The van der Waals surface area contributed by atoms with Gasteiger partial charge in [0.15, 0.2) is 0 Å². The van der Waals surface area contributed by atoms with Crippen LogP contribution in [0, 0.1) is 0 Å². The third-order valence-electron chi connectivity index (χ3n) is 1.65. The summed E-state index contributed by atoms with van der Waals surface area (Å²) in [6.45, 7) is 4.51. The summed E-state index contributed by atoms with van der Waals surface area (Å²) >= 11 is 0. The van der Waals surface area contributed by atoms with Gasteiger partial charge in [-0.05, 0) is 13.8 Å². The Morgan fingerprint density at radius 2 is 2.00 bits per heavy atom. The fraction of sp³-hybridized carbons (Fsp3) is 0.833. The second kappa shape index (κ2) is 3.31. The summed E-state index contributed by atoms with van der Waals surface area (Å²) in [5, 5.41) is 0. The number of ketones is 1. The van der Waals surface area contributed by atoms with E-state index in [0.29, 0.717) is 0 Å². The molecule has 0 aromatic rings. The van der Waals surface area contributed by atoms with Gasteiger partial charge in [-0.25, -0.2) is 0 Å². The normalized spacial score (nSPS) is 19.6. The molecule has 10 heavy (non-hydrogen) atoms. The molecule has 0 aromatic heterocycles. The Bertz CT molecular complexity index is 176. The van der Waals surface area contributed by atoms with Crippen LogP contribution in [0.25, 0.3) is 0 Å². The zero-order valence-corrected chi connectivity index (χ0v) is 7.64. The van der Waals surface area contributed by atoms with E-state index in [1.165, 1.54) is 20.7 Å². The summed E-state index contributed by atoms with van der Waals surface area (Å²) in [4.78, 5) is 10.7. The number of Topliss-reactive ketones (excluding diaryl/α,β-unsaturated/α-hetero) is 1. The molecule has 3 nitrogen and oxygen atoms in total. The molecule has 0 heterocycles. The van der Waals surface area contributed by atoms with Gasteiger partial charge in [0.05, 0.1) is 5.66 Å². The van der Waals surface area contributed by atoms with Crippen molar-refractivity contribution in [2.75, 3.05) is 13.8 Å². The van der Waals surface area contributed by atoms with Gasteiger partial charge in [0.1, 0.15) is 5.78 Å². The fourth-order valence-corrected chi connectivity index (χ4v) is 1.47. The molecule has 60 valence electrons. The molecule has 0 saturated heterocycles. The molecule has 0 saturated carbocycles. The summed E-state index contributed by atoms with van der Waals surface area (Å²) in [5.41, 5.74) is -0.475. The van der Waals surface area contributed by atoms with Crippen LogP contribution in [0.5, 0.6) is 0 Å². The van der Waals surface area contributed by atoms with E-state index in [2.05, 4.69) is 0 Å². The monoisotopic (exact) mass is 164 g/mol. The average Bonchev–Trinajstić information content (AvgIpc) is 1.86. The maximum absolute atomic E-state index is 11.3. The molecule has 0 spiro atoms. The Morgan fingerprint density at radius 1 is 1.60 bits per heavy atom. The lowest BCUT2D eigenvalue weighted by molar-refractivity contribution is -0.116. The van der Waals surface area contributed by atoms with E-state index in [1.807, 2.05) is 0 Å². The predicted octanol–water partition coefficient (Wildman–Crippen LogP) is 1.52. The molecule has 0 rings (SSSR count). The number of carbonyl (C=O) groups is 1. The molecule has 0 aliphatic heterocycles. The minimum Gasteiger partial charge on any atom is -0.332 e. The van der Waals surface area contributed by atoms with Gasteiger partial charge in [-0.3, -0.25) is 9.36 Å². The molecular formula is C6H13O3P. The van der Waals surface area contributed by atoms with Crippen LogP contribution in [0.15, 0.2) is 0 Å². The van der Waals surface area contributed by atoms with Crippen molar-refractivity contribution in [3.05, 3.63) is 0 Å². The van der Waals surface area contributed by atoms with Crippen LogP contribution < -0.4 is 0 Å². The van der Waals surface area contributed by atoms with Crippen molar-refractivity contribution in [2.24, 2.45) is 0 Å². The van der Waals surface area contributed by atoms with Crippen molar-refractivity contribution in [3.63, 3.8) is 0 Å². The smallest absolute Gasteiger partial charge is 0.209 e. The quantitative estimate of drug-likeness (QED) is 0.594. The maximum atomic E-state index is 11.3. The van der Waals surface area contributed by atoms with E-state index in [1.54, 1.807) is 6.92 Å². The summed E-state index contributed by atoms with van der Waals surface area (Å²) in [5.74, 6) is -0.0901. The van der Waals surface area contributed by atoms with Crippen LogP contribution >= 0.6 is 7.37 Å². The molecule has 0 N–H and O–H groups in total. The highest BCUT2D eigenvalue weighted by Crippen LogP contribution is 2.46. The second-order valence-corrected chi connectivity index (χ2v) is 5.34. The number of carbonyl (C=O) groups excluding carboxylic acids is 1. The Kier molecular flexibility index (Phi) is 3.26. The highest BCUT2D eigenvalue weighted by atomic mass is 31.2. The van der Waals surface area contributed by atoms with Crippen LogP contribution in [-0.2, 0) is 13.9 Å². The molecule has 2 unspecified atom stereocenters. The van der Waals surface area contributed by atoms with Crippen LogP contribution in [0.2, 0.25) is 0 Å². The van der Waals surface area contributed by atoms with Gasteiger partial charge < -0.3 is 4.52 Å². The third kappa shape index (κ3) is 2.24. The molecule has 0 bridgehead atoms. The molecule has 2 atom stereocenters. The largest absolute Gasteiger partial charge is 0.332 e. The van der Waals surface area contributed by atoms with Crippen LogP contribution in [-0.4, -0.2) is 25.2 Å². The molecule has 4 heteroatoms. The van der Waals surface area contributed by atoms with Crippen molar-refractivity contribution in [2.45, 2.75) is 19.5 Å². The van der Waals surface area contributed by atoms with Crippen molar-refractivity contribution < 1.29 is 13.9 Å². The van der Waals surface area contributed by atoms with E-state index in [0.717, 1.165) is 0 Å². The van der Waals surface area contributed by atoms with E-state index >= 15 is 0 Å². The standard InChI is InChI=1S/C6H13O3P/c1-5(7)6(2)10(4,8)9-3/h6H,1-4H3. The number of hydrogen-bond acceptors (Lipinski definition) is 3. The first-order chi connectivity index (χ1) is 4.41. The lowest BCUT2D eigenvalue weighted by atomic mass is 10.3. The Hall–Kier alpha value is -0.140. The zero-order valence-electron chi connectivity index (χ0n) is 6.75. The van der Waals surface area contributed by atoms with E-state index in [9.17, 15) is 9.36 Å². The summed E-state index contributed by atoms with van der Waals surface area (Å²) in [7, 11) is -1.31. The lowest BCUT2D eigenvalue weighted by Crippen LogP contribution is -2.13. The van der Waals surface area contributed by atoms with E-state index in [4.69, 9.17) is 4.52 Å². The molecule has 0 fully saturated rings. The van der Waals surface area contributed by atoms with Gasteiger partial charge in [-0.1, -0.05) is 0 Å². The van der Waals surface area contributed by atoms with Gasteiger partial charge in [-0.15, -0.1) is 0 Å². The van der Waals surface area contributed by atoms with Gasteiger partial charge in [0.25, 0.3) is 0 Å². The molecule has 0 amide bonds. The first-order valence-electron chi connectivity index (χ1n) is 3.05. The van der Waals surface area contributed by atoms with Crippen LogP contribution in [0.1, 0.15) is 13.8 Å². The summed E-state index contributed by atoms with van der Waals surface area (Å²) in [6.07, 6.45) is 0. The first kappa shape index (κ1) is 9.86. The van der Waals surface area contributed by atoms with Crippen molar-refractivity contribution in [1.82, 2.24) is 0 Å². The molecular weight excluding hydrogens is 151 g/mol. The lowest BCUT2D eigenvalue weighted by Gasteiger charge is -2.15. The third-order valence-corrected chi connectivity index (χ3v) is 4.15. The maximum Gasteiger partial charge on any atom is 0.209 e. The fourth-order valence-electron chi connectivity index (χ4n) is 0.488. The van der Waals surface area contributed by atoms with Crippen LogP contribution in [0.3, 0.4) is 0 Å². The zero-order chi connectivity index (χ0) is 8.36. The second-order valence-electron chi connectivity index (χ2n) is 2.38. The van der Waals surface area contributed by atoms with Crippen molar-refractivity contribution >= 4 is 13.2 Å². The van der Waals surface area contributed by atoms with Crippen molar-refractivity contribution in [3.8, 4) is 0 Å². The molecule has 0 aliphatic rings. The molecule has 0 radical (unpaired) electrons. The molecule has 0 aliphatic carbocycles. The average molecular weight is 164 g/mol. The van der Waals surface area contributed by atoms with Gasteiger partial charge >= 0.3 is 0 Å². The Balaban J connectivity index is 4.33. The van der Waals surface area contributed by atoms with E-state index in [-0.39, 0.29) is 5.78 Å². The topological polar surface area (TPSA) is 43.4 Å². The van der Waals surface area contributed by atoms with E-state index < -0.39 is 13.0 Å². The van der Waals surface area contributed by atoms with Crippen LogP contribution in [0.4, 0.5) is 0 Å². The summed E-state index contributed by atoms with van der Waals surface area (Å²) in [6, 6.07) is 0. The van der Waals surface area contributed by atoms with Gasteiger partial charge in [-0.2, -0.15) is 0 Å². The predicted molar refractivity (Wildman–Crippen MR) is 40.7 cm³/mol. The van der Waals surface area contributed by atoms with Crippen molar-refractivity contribution in [1.29, 1.82) is 0 Å².